The van der Waals surface area contributed by atoms with Crippen molar-refractivity contribution in [3.8, 4) is 0 Å². The van der Waals surface area contributed by atoms with E-state index in [0.29, 0.717) is 6.04 Å². The van der Waals surface area contributed by atoms with Crippen molar-refractivity contribution in [1.82, 2.24) is 0 Å². The summed E-state index contributed by atoms with van der Waals surface area (Å²) in [5, 5.41) is 3.76. The highest BCUT2D eigenvalue weighted by atomic mass is 15.2. The first kappa shape index (κ1) is 8.91. The van der Waals surface area contributed by atoms with Crippen LogP contribution in [0.2, 0.25) is 0 Å². The number of hydrogen-bond donors (Lipinski definition) is 1. The van der Waals surface area contributed by atoms with E-state index in [4.69, 9.17) is 0 Å². The van der Waals surface area contributed by atoms with Gasteiger partial charge in [-0.1, -0.05) is 12.1 Å². The zero-order valence-corrected chi connectivity index (χ0v) is 9.58. The number of anilines is 2. The van der Waals surface area contributed by atoms with Crippen molar-refractivity contribution in [2.45, 2.75) is 44.2 Å². The monoisotopic (exact) mass is 214 g/mol. The minimum atomic E-state index is 0.709. The van der Waals surface area contributed by atoms with Gasteiger partial charge in [0.05, 0.1) is 11.4 Å². The van der Waals surface area contributed by atoms with Gasteiger partial charge in [0.1, 0.15) is 0 Å². The molecule has 0 saturated heterocycles. The van der Waals surface area contributed by atoms with Crippen LogP contribution in [0, 0.1) is 0 Å². The van der Waals surface area contributed by atoms with Crippen molar-refractivity contribution >= 4 is 11.4 Å². The smallest absolute Gasteiger partial charge is 0.0637 e. The van der Waals surface area contributed by atoms with Crippen LogP contribution in [-0.2, 0) is 6.42 Å². The molecule has 0 amide bonds. The van der Waals surface area contributed by atoms with Gasteiger partial charge in [-0.15, -0.1) is 0 Å². The summed E-state index contributed by atoms with van der Waals surface area (Å²) >= 11 is 0. The molecule has 2 heterocycles. The van der Waals surface area contributed by atoms with Gasteiger partial charge in [0.2, 0.25) is 0 Å². The first-order valence-electron chi connectivity index (χ1n) is 6.58. The summed E-state index contributed by atoms with van der Waals surface area (Å²) in [6.07, 6.45) is 6.72. The maximum atomic E-state index is 3.76. The molecule has 2 aliphatic heterocycles. The van der Waals surface area contributed by atoms with E-state index >= 15 is 0 Å². The first-order valence-corrected chi connectivity index (χ1v) is 6.58. The highest BCUT2D eigenvalue weighted by Gasteiger charge is 2.38. The third-order valence-electron chi connectivity index (χ3n) is 4.47. The number of nitrogens with zero attached hydrogens (tertiary/aromatic N) is 1. The second-order valence-electron chi connectivity index (χ2n) is 5.36. The molecule has 1 fully saturated rings. The van der Waals surface area contributed by atoms with E-state index in [1.165, 1.54) is 50.0 Å². The van der Waals surface area contributed by atoms with Gasteiger partial charge in [-0.3, -0.25) is 0 Å². The molecule has 0 spiro atoms. The van der Waals surface area contributed by atoms with Crippen LogP contribution in [-0.4, -0.2) is 18.6 Å². The predicted molar refractivity (Wildman–Crippen MR) is 67.2 cm³/mol. The van der Waals surface area contributed by atoms with Gasteiger partial charge in [0.25, 0.3) is 0 Å². The molecule has 1 saturated carbocycles. The Balaban J connectivity index is 1.88. The quantitative estimate of drug-likeness (QED) is 0.714. The third-order valence-corrected chi connectivity index (χ3v) is 4.47. The van der Waals surface area contributed by atoms with Crippen molar-refractivity contribution in [3.63, 3.8) is 0 Å². The average molecular weight is 214 g/mol. The van der Waals surface area contributed by atoms with Crippen molar-refractivity contribution in [3.05, 3.63) is 23.8 Å². The van der Waals surface area contributed by atoms with Crippen LogP contribution in [0.15, 0.2) is 18.2 Å². The van der Waals surface area contributed by atoms with Crippen molar-refractivity contribution < 1.29 is 0 Å². The summed E-state index contributed by atoms with van der Waals surface area (Å²) in [6.45, 7) is 1.27. The largest absolute Gasteiger partial charge is 0.379 e. The summed E-state index contributed by atoms with van der Waals surface area (Å²) < 4.78 is 0. The molecule has 0 aromatic heterocycles. The number of para-hydroxylation sites is 1. The van der Waals surface area contributed by atoms with Crippen molar-refractivity contribution in [1.29, 1.82) is 0 Å². The lowest BCUT2D eigenvalue weighted by atomic mass is 9.94. The Labute approximate surface area is 96.6 Å². The topological polar surface area (TPSA) is 15.3 Å². The van der Waals surface area contributed by atoms with Crippen LogP contribution >= 0.6 is 0 Å². The van der Waals surface area contributed by atoms with Crippen molar-refractivity contribution in [2.75, 3.05) is 16.8 Å². The molecule has 16 heavy (non-hydrogen) atoms. The lowest BCUT2D eigenvalue weighted by molar-refractivity contribution is 0.527. The standard InChI is InChI=1S/C14H18N2/c1-4-10-5-3-9-16-13-8-2-6-11(13)15-12(7-1)14(10)16/h1,4,7,11,13,15H,2-3,5-6,8-9H2. The molecule has 1 aromatic rings. The fraction of sp³-hybridized carbons (Fsp3) is 0.571. The zero-order valence-electron chi connectivity index (χ0n) is 9.58. The SMILES string of the molecule is c1cc2c3c(c1)NC1CCCC1N3CCC2. The third kappa shape index (κ3) is 1.07. The van der Waals surface area contributed by atoms with Gasteiger partial charge in [0, 0.05) is 18.6 Å². The Morgan fingerprint density at radius 3 is 3.19 bits per heavy atom. The molecule has 1 N–H and O–H groups in total. The molecule has 0 radical (unpaired) electrons. The number of benzene rings is 1. The summed E-state index contributed by atoms with van der Waals surface area (Å²) in [4.78, 5) is 2.70. The Morgan fingerprint density at radius 1 is 1.19 bits per heavy atom. The highest BCUT2D eigenvalue weighted by Crippen LogP contribution is 2.44. The molecule has 0 bridgehead atoms. The van der Waals surface area contributed by atoms with Crippen LogP contribution in [0.1, 0.15) is 31.2 Å². The molecule has 1 aromatic carbocycles. The molecule has 2 heteroatoms. The fourth-order valence-electron chi connectivity index (χ4n) is 3.81. The Bertz CT molecular complexity index is 427. The minimum Gasteiger partial charge on any atom is -0.379 e. The van der Waals surface area contributed by atoms with E-state index in [1.54, 1.807) is 5.56 Å². The molecule has 1 aliphatic carbocycles. The average Bonchev–Trinajstić information content (AvgIpc) is 2.78. The van der Waals surface area contributed by atoms with Gasteiger partial charge in [-0.25, -0.2) is 0 Å². The van der Waals surface area contributed by atoms with Gasteiger partial charge < -0.3 is 10.2 Å². The summed E-state index contributed by atoms with van der Waals surface area (Å²) in [5.41, 5.74) is 4.47. The van der Waals surface area contributed by atoms with Crippen molar-refractivity contribution in [2.24, 2.45) is 0 Å². The van der Waals surface area contributed by atoms with E-state index < -0.39 is 0 Å². The minimum absolute atomic E-state index is 0.709. The van der Waals surface area contributed by atoms with Gasteiger partial charge in [0.15, 0.2) is 0 Å². The van der Waals surface area contributed by atoms with Crippen LogP contribution in [0.4, 0.5) is 11.4 Å². The summed E-state index contributed by atoms with van der Waals surface area (Å²) in [7, 11) is 0. The Hall–Kier alpha value is -1.18. The lowest BCUT2D eigenvalue weighted by Crippen LogP contribution is -2.49. The van der Waals surface area contributed by atoms with Gasteiger partial charge in [-0.2, -0.15) is 0 Å². The zero-order chi connectivity index (χ0) is 10.5. The number of hydrogen-bond acceptors (Lipinski definition) is 2. The van der Waals surface area contributed by atoms with Crippen LogP contribution in [0.25, 0.3) is 0 Å². The second kappa shape index (κ2) is 3.16. The van der Waals surface area contributed by atoms with Crippen LogP contribution < -0.4 is 10.2 Å². The van der Waals surface area contributed by atoms with E-state index in [9.17, 15) is 0 Å². The normalized spacial score (nSPS) is 30.6. The first-order chi connectivity index (χ1) is 7.93. The molecular formula is C14H18N2. The van der Waals surface area contributed by atoms with Crippen LogP contribution in [0.3, 0.4) is 0 Å². The molecule has 2 unspecified atom stereocenters. The highest BCUT2D eigenvalue weighted by molar-refractivity contribution is 5.78. The Kier molecular flexibility index (Phi) is 1.76. The molecule has 3 aliphatic rings. The molecule has 2 atom stereocenters. The molecular weight excluding hydrogens is 196 g/mol. The summed E-state index contributed by atoms with van der Waals surface area (Å²) in [5.74, 6) is 0. The summed E-state index contributed by atoms with van der Waals surface area (Å²) in [6, 6.07) is 8.25. The molecule has 2 nitrogen and oxygen atoms in total. The predicted octanol–water partition coefficient (Wildman–Crippen LogP) is 2.79. The number of fused-ring (bicyclic) bond motifs is 2. The maximum absolute atomic E-state index is 3.76. The van der Waals surface area contributed by atoms with E-state index in [0.717, 1.165) is 6.04 Å². The van der Waals surface area contributed by atoms with Crippen LogP contribution in [0.5, 0.6) is 0 Å². The maximum Gasteiger partial charge on any atom is 0.0637 e. The van der Waals surface area contributed by atoms with Gasteiger partial charge in [-0.05, 0) is 43.7 Å². The second-order valence-corrected chi connectivity index (χ2v) is 5.36. The number of aryl methyl sites for hydroxylation is 1. The molecule has 84 valence electrons. The van der Waals surface area contributed by atoms with E-state index in [1.807, 2.05) is 0 Å². The number of nitrogens with one attached hydrogen (secondary N) is 1. The van der Waals surface area contributed by atoms with E-state index in [-0.39, 0.29) is 0 Å². The van der Waals surface area contributed by atoms with Gasteiger partial charge >= 0.3 is 0 Å². The molecule has 4 rings (SSSR count). The fourth-order valence-corrected chi connectivity index (χ4v) is 3.81. The number of rotatable bonds is 0. The Morgan fingerprint density at radius 2 is 2.19 bits per heavy atom. The lowest BCUT2D eigenvalue weighted by Gasteiger charge is -2.45. The van der Waals surface area contributed by atoms with E-state index in [2.05, 4.69) is 28.4 Å².